The predicted octanol–water partition coefficient (Wildman–Crippen LogP) is 1.83. The molecule has 1 atom stereocenters. The summed E-state index contributed by atoms with van der Waals surface area (Å²) in [5, 5.41) is 6.75. The first-order valence-electron chi connectivity index (χ1n) is 7.66. The average Bonchev–Trinajstić information content (AvgIpc) is 2.53. The van der Waals surface area contributed by atoms with Crippen molar-refractivity contribution >= 4 is 51.6 Å². The van der Waals surface area contributed by atoms with Gasteiger partial charge in [0.1, 0.15) is 11.9 Å². The zero-order valence-corrected chi connectivity index (χ0v) is 18.5. The summed E-state index contributed by atoms with van der Waals surface area (Å²) < 4.78 is 30.3. The van der Waals surface area contributed by atoms with Gasteiger partial charge >= 0.3 is 0 Å². The molecule has 10 heteroatoms. The number of ether oxygens (including phenoxy) is 1. The topological polar surface area (TPSA) is 91.8 Å². The third-order valence-corrected chi connectivity index (χ3v) is 4.13. The molecule has 0 aliphatic rings. The van der Waals surface area contributed by atoms with Crippen LogP contribution >= 0.6 is 35.6 Å². The highest BCUT2D eigenvalue weighted by atomic mass is 127. The van der Waals surface area contributed by atoms with Crippen molar-refractivity contribution in [3.05, 3.63) is 29.3 Å². The first-order valence-corrected chi connectivity index (χ1v) is 9.93. The summed E-state index contributed by atoms with van der Waals surface area (Å²) in [4.78, 5) is 4.09. The van der Waals surface area contributed by atoms with Gasteiger partial charge in [-0.1, -0.05) is 30.7 Å². The van der Waals surface area contributed by atoms with Gasteiger partial charge in [-0.3, -0.25) is 4.99 Å². The minimum absolute atomic E-state index is 0. The maximum Gasteiger partial charge on any atom is 0.208 e. The fourth-order valence-corrected chi connectivity index (χ4v) is 2.49. The lowest BCUT2D eigenvalue weighted by molar-refractivity contribution is 0.199. The van der Waals surface area contributed by atoms with Crippen molar-refractivity contribution in [3.63, 3.8) is 0 Å². The standard InChI is InChI=1S/C15H25ClN4O3S.HI/c1-4-12(23-14-8-6-5-7-13(14)16)11-19-15(17-2)18-9-10-20-24(3,21)22;/h5-8,12,20H,4,9-11H2,1-3H3,(H2,17,18,19);1H. The van der Waals surface area contributed by atoms with Crippen LogP contribution in [-0.4, -0.2) is 53.4 Å². The van der Waals surface area contributed by atoms with E-state index >= 15 is 0 Å². The van der Waals surface area contributed by atoms with Gasteiger partial charge in [-0.05, 0) is 18.6 Å². The number of benzene rings is 1. The number of nitrogens with one attached hydrogen (secondary N) is 3. The SMILES string of the molecule is CCC(CNC(=NC)NCCNS(C)(=O)=O)Oc1ccccc1Cl.I. The molecule has 0 aliphatic carbocycles. The second-order valence-electron chi connectivity index (χ2n) is 5.12. The lowest BCUT2D eigenvalue weighted by Crippen LogP contribution is -2.44. The molecule has 144 valence electrons. The second kappa shape index (κ2) is 12.6. The van der Waals surface area contributed by atoms with Gasteiger partial charge in [0, 0.05) is 20.1 Å². The molecule has 0 fully saturated rings. The minimum atomic E-state index is -3.18. The van der Waals surface area contributed by atoms with Crippen molar-refractivity contribution < 1.29 is 13.2 Å². The van der Waals surface area contributed by atoms with E-state index in [1.54, 1.807) is 13.1 Å². The highest BCUT2D eigenvalue weighted by Gasteiger charge is 2.11. The van der Waals surface area contributed by atoms with Crippen LogP contribution in [0, 0.1) is 0 Å². The summed E-state index contributed by atoms with van der Waals surface area (Å²) in [6.45, 7) is 3.28. The van der Waals surface area contributed by atoms with Gasteiger partial charge in [-0.25, -0.2) is 13.1 Å². The van der Waals surface area contributed by atoms with Crippen LogP contribution in [0.4, 0.5) is 0 Å². The van der Waals surface area contributed by atoms with Crippen LogP contribution in [-0.2, 0) is 10.0 Å². The molecule has 0 aliphatic heterocycles. The number of rotatable bonds is 9. The summed E-state index contributed by atoms with van der Waals surface area (Å²) in [5.74, 6) is 1.22. The Balaban J connectivity index is 0.00000576. The van der Waals surface area contributed by atoms with Crippen molar-refractivity contribution in [1.82, 2.24) is 15.4 Å². The molecule has 0 radical (unpaired) electrons. The molecular weight excluding hydrogens is 479 g/mol. The maximum atomic E-state index is 11.0. The molecule has 25 heavy (non-hydrogen) atoms. The van der Waals surface area contributed by atoms with Gasteiger partial charge in [0.25, 0.3) is 0 Å². The second-order valence-corrected chi connectivity index (χ2v) is 7.37. The predicted molar refractivity (Wildman–Crippen MR) is 114 cm³/mol. The fourth-order valence-electron chi connectivity index (χ4n) is 1.84. The minimum Gasteiger partial charge on any atom is -0.487 e. The van der Waals surface area contributed by atoms with Gasteiger partial charge in [0.15, 0.2) is 5.96 Å². The van der Waals surface area contributed by atoms with E-state index in [0.717, 1.165) is 12.7 Å². The Kier molecular flexibility index (Phi) is 12.2. The largest absolute Gasteiger partial charge is 0.487 e. The molecule has 0 heterocycles. The van der Waals surface area contributed by atoms with E-state index in [9.17, 15) is 8.42 Å². The molecule has 1 aromatic carbocycles. The van der Waals surface area contributed by atoms with Crippen LogP contribution in [0.15, 0.2) is 29.3 Å². The number of hydrogen-bond donors (Lipinski definition) is 3. The molecule has 1 aromatic rings. The van der Waals surface area contributed by atoms with E-state index < -0.39 is 10.0 Å². The first-order chi connectivity index (χ1) is 11.4. The number of sulfonamides is 1. The van der Waals surface area contributed by atoms with Crippen LogP contribution < -0.4 is 20.1 Å². The number of halogens is 2. The molecule has 7 nitrogen and oxygen atoms in total. The lowest BCUT2D eigenvalue weighted by Gasteiger charge is -2.20. The number of guanidine groups is 1. The molecule has 0 saturated heterocycles. The van der Waals surface area contributed by atoms with E-state index in [1.807, 2.05) is 25.1 Å². The third kappa shape index (κ3) is 10.7. The summed E-state index contributed by atoms with van der Waals surface area (Å²) in [6, 6.07) is 7.34. The van der Waals surface area contributed by atoms with E-state index in [-0.39, 0.29) is 36.6 Å². The highest BCUT2D eigenvalue weighted by Crippen LogP contribution is 2.24. The molecule has 0 amide bonds. The van der Waals surface area contributed by atoms with E-state index in [4.69, 9.17) is 16.3 Å². The molecular formula is C15H26ClIN4O3S. The van der Waals surface area contributed by atoms with Crippen LogP contribution in [0.2, 0.25) is 5.02 Å². The Morgan fingerprint density at radius 1 is 1.28 bits per heavy atom. The first kappa shape index (κ1) is 24.2. The fraction of sp³-hybridized carbons (Fsp3) is 0.533. The molecule has 0 spiro atoms. The van der Waals surface area contributed by atoms with Gasteiger partial charge in [0.2, 0.25) is 10.0 Å². The third-order valence-electron chi connectivity index (χ3n) is 3.09. The normalized spacial score (nSPS) is 12.9. The van der Waals surface area contributed by atoms with Crippen LogP contribution in [0.3, 0.4) is 0 Å². The van der Waals surface area contributed by atoms with Crippen molar-refractivity contribution in [2.45, 2.75) is 19.4 Å². The monoisotopic (exact) mass is 504 g/mol. The van der Waals surface area contributed by atoms with Crippen molar-refractivity contribution in [2.75, 3.05) is 32.9 Å². The zero-order chi connectivity index (χ0) is 18.0. The Labute approximate surface area is 172 Å². The summed E-state index contributed by atoms with van der Waals surface area (Å²) in [6.07, 6.45) is 1.85. The Hall–Kier alpha value is -0.780. The Morgan fingerprint density at radius 3 is 2.52 bits per heavy atom. The average molecular weight is 505 g/mol. The van der Waals surface area contributed by atoms with Crippen molar-refractivity contribution in [1.29, 1.82) is 0 Å². The lowest BCUT2D eigenvalue weighted by atomic mass is 10.2. The molecule has 0 aromatic heterocycles. The van der Waals surface area contributed by atoms with Gasteiger partial charge in [0.05, 0.1) is 17.8 Å². The number of nitrogens with zero attached hydrogens (tertiary/aromatic N) is 1. The Bertz CT molecular complexity index is 643. The van der Waals surface area contributed by atoms with Gasteiger partial charge < -0.3 is 15.4 Å². The molecule has 1 unspecified atom stereocenters. The summed E-state index contributed by atoms with van der Waals surface area (Å²) in [5.41, 5.74) is 0. The summed E-state index contributed by atoms with van der Waals surface area (Å²) >= 11 is 6.10. The number of hydrogen-bond acceptors (Lipinski definition) is 4. The maximum absolute atomic E-state index is 11.0. The molecule has 1 rings (SSSR count). The summed E-state index contributed by atoms with van der Waals surface area (Å²) in [7, 11) is -1.53. The zero-order valence-electron chi connectivity index (χ0n) is 14.6. The smallest absolute Gasteiger partial charge is 0.208 e. The van der Waals surface area contributed by atoms with Gasteiger partial charge in [-0.15, -0.1) is 24.0 Å². The van der Waals surface area contributed by atoms with E-state index in [0.29, 0.717) is 29.8 Å². The van der Waals surface area contributed by atoms with Crippen molar-refractivity contribution in [2.24, 2.45) is 4.99 Å². The van der Waals surface area contributed by atoms with Crippen LogP contribution in [0.25, 0.3) is 0 Å². The number of aliphatic imine (C=N–C) groups is 1. The van der Waals surface area contributed by atoms with E-state index in [1.165, 1.54) is 0 Å². The van der Waals surface area contributed by atoms with Crippen LogP contribution in [0.1, 0.15) is 13.3 Å². The van der Waals surface area contributed by atoms with E-state index in [2.05, 4.69) is 20.3 Å². The Morgan fingerprint density at radius 2 is 1.96 bits per heavy atom. The molecule has 3 N–H and O–H groups in total. The molecule has 0 bridgehead atoms. The quantitative estimate of drug-likeness (QED) is 0.207. The highest BCUT2D eigenvalue weighted by molar-refractivity contribution is 14.0. The van der Waals surface area contributed by atoms with Crippen LogP contribution in [0.5, 0.6) is 5.75 Å². The van der Waals surface area contributed by atoms with Gasteiger partial charge in [-0.2, -0.15) is 0 Å². The van der Waals surface area contributed by atoms with Crippen molar-refractivity contribution in [3.8, 4) is 5.75 Å². The number of para-hydroxylation sites is 1. The molecule has 0 saturated carbocycles.